The van der Waals surface area contributed by atoms with Crippen LogP contribution >= 0.6 is 0 Å². The Morgan fingerprint density at radius 2 is 2.15 bits per heavy atom. The third-order valence-corrected chi connectivity index (χ3v) is 4.01. The van der Waals surface area contributed by atoms with Crippen molar-refractivity contribution >= 4 is 22.9 Å². The van der Waals surface area contributed by atoms with Crippen LogP contribution in [0.5, 0.6) is 0 Å². The molecule has 2 N–H and O–H groups in total. The molecule has 1 unspecified atom stereocenters. The van der Waals surface area contributed by atoms with Gasteiger partial charge in [-0.05, 0) is 32.0 Å². The summed E-state index contributed by atoms with van der Waals surface area (Å²) >= 11 is 0. The fourth-order valence-corrected chi connectivity index (χ4v) is 2.81. The maximum absolute atomic E-state index is 12.9. The number of nitrogens with one attached hydrogen (secondary N) is 1. The highest BCUT2D eigenvalue weighted by molar-refractivity contribution is 6.05. The second kappa shape index (κ2) is 7.30. The molecule has 0 saturated heterocycles. The number of carbonyl (C=O) groups excluding carboxylic acids is 1. The molecule has 0 spiro atoms. The third kappa shape index (κ3) is 3.53. The van der Waals surface area contributed by atoms with Gasteiger partial charge in [0, 0.05) is 18.4 Å². The molecule has 26 heavy (non-hydrogen) atoms. The van der Waals surface area contributed by atoms with Crippen molar-refractivity contribution in [1.82, 2.24) is 25.1 Å². The number of aliphatic carboxylic acids is 1. The zero-order valence-corrected chi connectivity index (χ0v) is 14.5. The Morgan fingerprint density at radius 3 is 2.81 bits per heavy atom. The molecule has 0 fully saturated rings. The molecule has 0 aliphatic carbocycles. The van der Waals surface area contributed by atoms with Crippen molar-refractivity contribution in [3.63, 3.8) is 0 Å². The van der Waals surface area contributed by atoms with Gasteiger partial charge in [-0.3, -0.25) is 14.6 Å². The van der Waals surface area contributed by atoms with E-state index in [1.165, 1.54) is 0 Å². The summed E-state index contributed by atoms with van der Waals surface area (Å²) in [5, 5.41) is 16.8. The van der Waals surface area contributed by atoms with Gasteiger partial charge >= 0.3 is 5.97 Å². The minimum Gasteiger partial charge on any atom is -0.481 e. The summed E-state index contributed by atoms with van der Waals surface area (Å²) in [7, 11) is 0. The lowest BCUT2D eigenvalue weighted by molar-refractivity contribution is -0.137. The summed E-state index contributed by atoms with van der Waals surface area (Å²) in [5.41, 5.74) is 2.23. The second-order valence-electron chi connectivity index (χ2n) is 5.89. The number of hydrogen-bond donors (Lipinski definition) is 2. The number of amides is 1. The van der Waals surface area contributed by atoms with E-state index in [0.717, 1.165) is 0 Å². The number of carbonyl (C=O) groups is 2. The second-order valence-corrected chi connectivity index (χ2v) is 5.89. The molecule has 3 aromatic rings. The fraction of sp³-hybridized carbons (Fsp3) is 0.278. The van der Waals surface area contributed by atoms with Crippen molar-refractivity contribution in [1.29, 1.82) is 0 Å². The van der Waals surface area contributed by atoms with Gasteiger partial charge in [-0.25, -0.2) is 9.67 Å². The molecule has 3 heterocycles. The molecule has 0 bridgehead atoms. The Kier molecular flexibility index (Phi) is 4.92. The molecule has 0 aliphatic heterocycles. The van der Waals surface area contributed by atoms with Crippen LogP contribution in [0.25, 0.3) is 11.0 Å². The van der Waals surface area contributed by atoms with Crippen LogP contribution in [0.3, 0.4) is 0 Å². The minimum atomic E-state index is -1.02. The number of fused-ring (bicyclic) bond motifs is 1. The van der Waals surface area contributed by atoms with E-state index < -0.39 is 12.0 Å². The first-order valence-electron chi connectivity index (χ1n) is 8.26. The van der Waals surface area contributed by atoms with Gasteiger partial charge in [-0.15, -0.1) is 0 Å². The van der Waals surface area contributed by atoms with E-state index in [-0.39, 0.29) is 12.3 Å². The van der Waals surface area contributed by atoms with Gasteiger partial charge in [0.1, 0.15) is 0 Å². The van der Waals surface area contributed by atoms with Crippen LogP contribution in [0.2, 0.25) is 0 Å². The van der Waals surface area contributed by atoms with Crippen molar-refractivity contribution in [3.8, 4) is 0 Å². The van der Waals surface area contributed by atoms with Gasteiger partial charge < -0.3 is 10.4 Å². The van der Waals surface area contributed by atoms with Gasteiger partial charge in [0.05, 0.1) is 35.3 Å². The predicted molar refractivity (Wildman–Crippen MR) is 94.6 cm³/mol. The number of aromatic nitrogens is 4. The van der Waals surface area contributed by atoms with Crippen molar-refractivity contribution in [2.45, 2.75) is 32.9 Å². The van der Waals surface area contributed by atoms with Gasteiger partial charge in [0.15, 0.2) is 5.65 Å². The zero-order chi connectivity index (χ0) is 18.7. The van der Waals surface area contributed by atoms with Crippen LogP contribution in [0.15, 0.2) is 36.7 Å². The van der Waals surface area contributed by atoms with Crippen molar-refractivity contribution in [2.75, 3.05) is 0 Å². The van der Waals surface area contributed by atoms with Crippen LogP contribution in [0.4, 0.5) is 0 Å². The summed E-state index contributed by atoms with van der Waals surface area (Å²) < 4.78 is 1.71. The molecule has 0 aromatic carbocycles. The molecule has 0 saturated carbocycles. The van der Waals surface area contributed by atoms with Crippen LogP contribution in [0.1, 0.15) is 41.1 Å². The summed E-state index contributed by atoms with van der Waals surface area (Å²) in [4.78, 5) is 32.7. The Hall–Kier alpha value is -3.29. The van der Waals surface area contributed by atoms with E-state index >= 15 is 0 Å². The summed E-state index contributed by atoms with van der Waals surface area (Å²) in [5.74, 6) is -1.40. The largest absolute Gasteiger partial charge is 0.481 e. The van der Waals surface area contributed by atoms with Crippen molar-refractivity contribution < 1.29 is 14.7 Å². The lowest BCUT2D eigenvalue weighted by atomic mass is 10.1. The summed E-state index contributed by atoms with van der Waals surface area (Å²) in [6.07, 6.45) is 2.91. The topological polar surface area (TPSA) is 110 Å². The molecule has 3 aromatic heterocycles. The number of carboxylic acids is 1. The molecule has 8 heteroatoms. The van der Waals surface area contributed by atoms with E-state index in [4.69, 9.17) is 0 Å². The number of rotatable bonds is 6. The van der Waals surface area contributed by atoms with Gasteiger partial charge in [-0.2, -0.15) is 5.10 Å². The molecule has 8 nitrogen and oxygen atoms in total. The van der Waals surface area contributed by atoms with E-state index in [9.17, 15) is 14.7 Å². The van der Waals surface area contributed by atoms with E-state index in [0.29, 0.717) is 34.5 Å². The molecular weight excluding hydrogens is 334 g/mol. The van der Waals surface area contributed by atoms with E-state index in [1.807, 2.05) is 6.92 Å². The van der Waals surface area contributed by atoms with E-state index in [1.54, 1.807) is 48.3 Å². The Balaban J connectivity index is 1.96. The first-order chi connectivity index (χ1) is 12.5. The Bertz CT molecular complexity index is 952. The first-order valence-corrected chi connectivity index (χ1v) is 8.26. The van der Waals surface area contributed by atoms with Crippen LogP contribution in [-0.2, 0) is 11.3 Å². The van der Waals surface area contributed by atoms with Gasteiger partial charge in [-0.1, -0.05) is 6.07 Å². The maximum atomic E-state index is 12.9. The highest BCUT2D eigenvalue weighted by Gasteiger charge is 2.22. The van der Waals surface area contributed by atoms with E-state index in [2.05, 4.69) is 20.4 Å². The standard InChI is InChI=1S/C18H19N5O3/c1-3-23-17-13(10-20-23)12(8-11(2)21-17)18(26)22-15(9-16(24)25)14-6-4-5-7-19-14/h4-8,10,15H,3,9H2,1-2H3,(H,22,26)(H,24,25). The number of nitrogens with zero attached hydrogens (tertiary/aromatic N) is 4. The highest BCUT2D eigenvalue weighted by Crippen LogP contribution is 2.21. The average molecular weight is 353 g/mol. The molecule has 0 radical (unpaired) electrons. The Labute approximate surface area is 149 Å². The monoisotopic (exact) mass is 353 g/mol. The molecule has 0 aliphatic rings. The van der Waals surface area contributed by atoms with Crippen molar-refractivity contribution in [2.24, 2.45) is 0 Å². The summed E-state index contributed by atoms with van der Waals surface area (Å²) in [6.45, 7) is 4.38. The Morgan fingerprint density at radius 1 is 1.35 bits per heavy atom. The predicted octanol–water partition coefficient (Wildman–Crippen LogP) is 2.10. The van der Waals surface area contributed by atoms with Crippen LogP contribution in [-0.4, -0.2) is 36.7 Å². The number of pyridine rings is 2. The summed E-state index contributed by atoms with van der Waals surface area (Å²) in [6, 6.07) is 6.12. The SMILES string of the molecule is CCn1ncc2c(C(=O)NC(CC(=O)O)c3ccccn3)cc(C)nc21. The number of aryl methyl sites for hydroxylation is 2. The smallest absolute Gasteiger partial charge is 0.305 e. The van der Waals surface area contributed by atoms with Crippen molar-refractivity contribution in [3.05, 3.63) is 53.6 Å². The lowest BCUT2D eigenvalue weighted by Crippen LogP contribution is -2.31. The molecule has 1 atom stereocenters. The first kappa shape index (κ1) is 17.5. The molecular formula is C18H19N5O3. The molecule has 1 amide bonds. The van der Waals surface area contributed by atoms with Gasteiger partial charge in [0.2, 0.25) is 0 Å². The minimum absolute atomic E-state index is 0.260. The normalized spacial score (nSPS) is 12.1. The van der Waals surface area contributed by atoms with Gasteiger partial charge in [0.25, 0.3) is 5.91 Å². The zero-order valence-electron chi connectivity index (χ0n) is 14.5. The van der Waals surface area contributed by atoms with Crippen LogP contribution in [0, 0.1) is 6.92 Å². The highest BCUT2D eigenvalue weighted by atomic mass is 16.4. The fourth-order valence-electron chi connectivity index (χ4n) is 2.81. The van der Waals surface area contributed by atoms with Crippen LogP contribution < -0.4 is 5.32 Å². The third-order valence-electron chi connectivity index (χ3n) is 4.01. The lowest BCUT2D eigenvalue weighted by Gasteiger charge is -2.17. The number of carboxylic acid groups (broad SMARTS) is 1. The molecule has 3 rings (SSSR count). The maximum Gasteiger partial charge on any atom is 0.305 e. The molecule has 134 valence electrons. The number of hydrogen-bond acceptors (Lipinski definition) is 5. The quantitative estimate of drug-likeness (QED) is 0.702. The average Bonchev–Trinajstić information content (AvgIpc) is 3.03.